The minimum atomic E-state index is -0.107. The van der Waals surface area contributed by atoms with Gasteiger partial charge in [0.25, 0.3) is 11.5 Å². The van der Waals surface area contributed by atoms with Gasteiger partial charge in [-0.25, -0.2) is 0 Å². The van der Waals surface area contributed by atoms with Gasteiger partial charge in [-0.3, -0.25) is 14.5 Å². The predicted octanol–water partition coefficient (Wildman–Crippen LogP) is 5.14. The molecule has 0 spiro atoms. The van der Waals surface area contributed by atoms with E-state index in [2.05, 4.69) is 34.2 Å². The first kappa shape index (κ1) is 24.8. The van der Waals surface area contributed by atoms with Gasteiger partial charge in [0.1, 0.15) is 0 Å². The second-order valence-electron chi connectivity index (χ2n) is 9.29. The van der Waals surface area contributed by atoms with Crippen molar-refractivity contribution in [2.75, 3.05) is 44.2 Å². The van der Waals surface area contributed by atoms with Crippen molar-refractivity contribution in [1.29, 1.82) is 0 Å². The quantitative estimate of drug-likeness (QED) is 0.341. The van der Waals surface area contributed by atoms with Crippen LogP contribution in [0.3, 0.4) is 0 Å². The van der Waals surface area contributed by atoms with Gasteiger partial charge >= 0.3 is 0 Å². The molecule has 1 aliphatic heterocycles. The van der Waals surface area contributed by atoms with E-state index in [-0.39, 0.29) is 11.5 Å². The van der Waals surface area contributed by atoms with Gasteiger partial charge in [-0.05, 0) is 56.6 Å². The average molecular weight is 523 g/mol. The molecule has 0 radical (unpaired) electrons. The molecule has 2 aromatic heterocycles. The summed E-state index contributed by atoms with van der Waals surface area (Å²) in [5, 5.41) is 5.47. The molecule has 36 heavy (non-hydrogen) atoms. The second-order valence-corrected chi connectivity index (χ2v) is 10.8. The Morgan fingerprint density at radius 2 is 1.83 bits per heavy atom. The minimum Gasteiger partial charge on any atom is -0.369 e. The molecule has 4 aromatic rings. The molecule has 1 N–H and O–H groups in total. The molecule has 188 valence electrons. The van der Waals surface area contributed by atoms with Crippen molar-refractivity contribution in [1.82, 2.24) is 14.8 Å². The van der Waals surface area contributed by atoms with Crippen molar-refractivity contribution in [3.63, 3.8) is 0 Å². The van der Waals surface area contributed by atoms with Crippen LogP contribution in [0.15, 0.2) is 53.3 Å². The van der Waals surface area contributed by atoms with Crippen LogP contribution in [0.25, 0.3) is 21.0 Å². The Morgan fingerprint density at radius 1 is 1.06 bits per heavy atom. The molecule has 2 aromatic carbocycles. The number of aromatic nitrogens is 1. The molecule has 0 bridgehead atoms. The van der Waals surface area contributed by atoms with E-state index in [4.69, 9.17) is 11.6 Å². The molecule has 0 unspecified atom stereocenters. The molecule has 1 fully saturated rings. The molecule has 6 nitrogen and oxygen atoms in total. The maximum Gasteiger partial charge on any atom is 0.261 e. The van der Waals surface area contributed by atoms with E-state index in [1.165, 1.54) is 22.6 Å². The van der Waals surface area contributed by atoms with Gasteiger partial charge in [-0.15, -0.1) is 11.3 Å². The number of para-hydroxylation sites is 1. The van der Waals surface area contributed by atoms with Crippen molar-refractivity contribution in [2.24, 2.45) is 0 Å². The number of aryl methyl sites for hydroxylation is 2. The Balaban J connectivity index is 1.16. The second kappa shape index (κ2) is 10.6. The molecule has 0 saturated carbocycles. The third-order valence-electron chi connectivity index (χ3n) is 7.01. The van der Waals surface area contributed by atoms with E-state index >= 15 is 0 Å². The number of benzene rings is 2. The Kier molecular flexibility index (Phi) is 7.32. The lowest BCUT2D eigenvalue weighted by molar-refractivity contribution is 0.0955. The van der Waals surface area contributed by atoms with E-state index in [9.17, 15) is 9.59 Å². The predicted molar refractivity (Wildman–Crippen MR) is 151 cm³/mol. The van der Waals surface area contributed by atoms with Gasteiger partial charge in [-0.1, -0.05) is 35.9 Å². The first-order chi connectivity index (χ1) is 17.5. The minimum absolute atomic E-state index is 0.0337. The molecular weight excluding hydrogens is 492 g/mol. The summed E-state index contributed by atoms with van der Waals surface area (Å²) in [6, 6.07) is 15.7. The van der Waals surface area contributed by atoms with Gasteiger partial charge in [0.15, 0.2) is 0 Å². The number of amides is 1. The van der Waals surface area contributed by atoms with E-state index in [0.29, 0.717) is 23.4 Å². The summed E-state index contributed by atoms with van der Waals surface area (Å²) in [4.78, 5) is 31.3. The number of halogens is 1. The number of nitrogens with zero attached hydrogens (tertiary/aromatic N) is 3. The molecule has 0 aliphatic carbocycles. The van der Waals surface area contributed by atoms with Crippen LogP contribution in [-0.4, -0.2) is 54.6 Å². The number of nitrogens with one attached hydrogen (secondary N) is 1. The number of hydrogen-bond donors (Lipinski definition) is 1. The fraction of sp³-hybridized carbons (Fsp3) is 0.357. The molecule has 0 atom stereocenters. The highest BCUT2D eigenvalue weighted by Crippen LogP contribution is 2.30. The van der Waals surface area contributed by atoms with Crippen LogP contribution >= 0.6 is 22.9 Å². The Labute approximate surface area is 220 Å². The smallest absolute Gasteiger partial charge is 0.261 e. The SMILES string of the molecule is CCn1c(=O)c2cc(C(=O)NCCCN3CCN(c4cc(Cl)ccc4C)CC3)sc2c2ccccc21. The highest BCUT2D eigenvalue weighted by atomic mass is 35.5. The highest BCUT2D eigenvalue weighted by molar-refractivity contribution is 7.21. The summed E-state index contributed by atoms with van der Waals surface area (Å²) >= 11 is 7.61. The van der Waals surface area contributed by atoms with Crippen LogP contribution in [0.1, 0.15) is 28.6 Å². The number of piperazine rings is 1. The molecule has 1 saturated heterocycles. The van der Waals surface area contributed by atoms with Crippen molar-refractivity contribution >= 4 is 55.5 Å². The van der Waals surface area contributed by atoms with Crippen molar-refractivity contribution < 1.29 is 4.79 Å². The van der Waals surface area contributed by atoms with Crippen molar-refractivity contribution in [3.8, 4) is 0 Å². The molecule has 5 rings (SSSR count). The summed E-state index contributed by atoms with van der Waals surface area (Å²) in [6.07, 6.45) is 0.887. The van der Waals surface area contributed by atoms with Crippen molar-refractivity contribution in [3.05, 3.63) is 74.3 Å². The zero-order chi connectivity index (χ0) is 25.2. The van der Waals surface area contributed by atoms with Crippen LogP contribution in [-0.2, 0) is 6.54 Å². The Bertz CT molecular complexity index is 1470. The Morgan fingerprint density at radius 3 is 2.61 bits per heavy atom. The van der Waals surface area contributed by atoms with Crippen LogP contribution in [0.4, 0.5) is 5.69 Å². The summed E-state index contributed by atoms with van der Waals surface area (Å²) in [6.45, 7) is 10.2. The van der Waals surface area contributed by atoms with Gasteiger partial charge in [0, 0.05) is 60.1 Å². The third kappa shape index (κ3) is 4.88. The highest BCUT2D eigenvalue weighted by Gasteiger charge is 2.19. The number of carbonyl (C=O) groups excluding carboxylic acids is 1. The van der Waals surface area contributed by atoms with E-state index in [1.807, 2.05) is 37.3 Å². The third-order valence-corrected chi connectivity index (χ3v) is 8.41. The lowest BCUT2D eigenvalue weighted by atomic mass is 10.1. The topological polar surface area (TPSA) is 57.6 Å². The zero-order valence-electron chi connectivity index (χ0n) is 20.7. The summed E-state index contributed by atoms with van der Waals surface area (Å²) < 4.78 is 2.66. The normalized spacial score (nSPS) is 14.6. The van der Waals surface area contributed by atoms with Crippen LogP contribution < -0.4 is 15.8 Å². The maximum atomic E-state index is 13.0. The number of rotatable bonds is 7. The van der Waals surface area contributed by atoms with Gasteiger partial charge in [0.2, 0.25) is 0 Å². The first-order valence-electron chi connectivity index (χ1n) is 12.5. The number of thiophene rings is 1. The first-order valence-corrected chi connectivity index (χ1v) is 13.7. The number of carbonyl (C=O) groups is 1. The van der Waals surface area contributed by atoms with Gasteiger partial charge in [0.05, 0.1) is 15.8 Å². The lowest BCUT2D eigenvalue weighted by Crippen LogP contribution is -2.47. The van der Waals surface area contributed by atoms with E-state index in [1.54, 1.807) is 10.6 Å². The molecule has 1 amide bonds. The fourth-order valence-electron chi connectivity index (χ4n) is 5.06. The number of pyridine rings is 1. The monoisotopic (exact) mass is 522 g/mol. The molecule has 1 aliphatic rings. The zero-order valence-corrected chi connectivity index (χ0v) is 22.3. The van der Waals surface area contributed by atoms with Crippen LogP contribution in [0.2, 0.25) is 5.02 Å². The molecule has 3 heterocycles. The molecule has 8 heteroatoms. The standard InChI is InChI=1S/C28H31ClN4O2S/c1-3-33-23-8-5-4-7-21(23)26-22(28(33)35)18-25(36-26)27(34)30-11-6-12-31-13-15-32(16-14-31)24-17-20(29)10-9-19(24)2/h4-5,7-10,17-18H,3,6,11-16H2,1-2H3,(H,30,34). The lowest BCUT2D eigenvalue weighted by Gasteiger charge is -2.37. The maximum absolute atomic E-state index is 13.0. The number of anilines is 1. The molecular formula is C28H31ClN4O2S. The summed E-state index contributed by atoms with van der Waals surface area (Å²) in [5.74, 6) is -0.107. The summed E-state index contributed by atoms with van der Waals surface area (Å²) in [7, 11) is 0. The van der Waals surface area contributed by atoms with Crippen LogP contribution in [0, 0.1) is 6.92 Å². The van der Waals surface area contributed by atoms with E-state index in [0.717, 1.165) is 59.8 Å². The fourth-order valence-corrected chi connectivity index (χ4v) is 6.33. The average Bonchev–Trinajstić information content (AvgIpc) is 3.35. The van der Waals surface area contributed by atoms with Gasteiger partial charge < -0.3 is 14.8 Å². The number of hydrogen-bond acceptors (Lipinski definition) is 5. The van der Waals surface area contributed by atoms with Crippen molar-refractivity contribution in [2.45, 2.75) is 26.8 Å². The van der Waals surface area contributed by atoms with Gasteiger partial charge in [-0.2, -0.15) is 0 Å². The number of fused-ring (bicyclic) bond motifs is 3. The summed E-state index contributed by atoms with van der Waals surface area (Å²) in [5.41, 5.74) is 3.35. The van der Waals surface area contributed by atoms with E-state index < -0.39 is 0 Å². The van der Waals surface area contributed by atoms with Crippen LogP contribution in [0.5, 0.6) is 0 Å². The largest absolute Gasteiger partial charge is 0.369 e. The Hall–Kier alpha value is -2.87.